The molecule has 1 aliphatic heterocycles. The van der Waals surface area contributed by atoms with Gasteiger partial charge in [-0.15, -0.1) is 11.3 Å². The van der Waals surface area contributed by atoms with Crippen molar-refractivity contribution in [1.82, 2.24) is 9.88 Å². The van der Waals surface area contributed by atoms with E-state index < -0.39 is 0 Å². The maximum Gasteiger partial charge on any atom is 0.261 e. The number of amides is 3. The van der Waals surface area contributed by atoms with Gasteiger partial charge in [-0.3, -0.25) is 19.3 Å². The number of aromatic nitrogens is 1. The molecule has 28 heavy (non-hydrogen) atoms. The third-order valence-corrected chi connectivity index (χ3v) is 5.77. The Kier molecular flexibility index (Phi) is 4.82. The lowest BCUT2D eigenvalue weighted by atomic mass is 10.1. The third-order valence-electron chi connectivity index (χ3n) is 4.34. The molecule has 1 aromatic heterocycles. The Morgan fingerprint density at radius 1 is 1.14 bits per heavy atom. The second-order valence-electron chi connectivity index (χ2n) is 6.31. The van der Waals surface area contributed by atoms with Crippen molar-refractivity contribution in [3.8, 4) is 10.6 Å². The van der Waals surface area contributed by atoms with Crippen molar-refractivity contribution in [1.29, 1.82) is 0 Å². The predicted molar refractivity (Wildman–Crippen MR) is 110 cm³/mol. The second-order valence-corrected chi connectivity index (χ2v) is 8.08. The number of fused-ring (bicyclic) bond motifs is 1. The smallest absolute Gasteiger partial charge is 0.261 e. The normalized spacial score (nSPS) is 13.0. The molecule has 140 valence electrons. The van der Waals surface area contributed by atoms with Gasteiger partial charge in [0.05, 0.1) is 23.2 Å². The van der Waals surface area contributed by atoms with Gasteiger partial charge in [0, 0.05) is 28.2 Å². The molecule has 0 spiro atoms. The molecule has 0 atom stereocenters. The number of nitrogens with zero attached hydrogens (tertiary/aromatic N) is 2. The number of rotatable bonds is 4. The van der Waals surface area contributed by atoms with E-state index in [1.165, 1.54) is 24.5 Å². The van der Waals surface area contributed by atoms with Crippen molar-refractivity contribution in [2.24, 2.45) is 0 Å². The second kappa shape index (κ2) is 7.29. The summed E-state index contributed by atoms with van der Waals surface area (Å²) in [5, 5.41) is 5.46. The van der Waals surface area contributed by atoms with Crippen molar-refractivity contribution in [3.63, 3.8) is 0 Å². The number of imide groups is 1. The fourth-order valence-electron chi connectivity index (χ4n) is 2.95. The molecule has 0 fully saturated rings. The van der Waals surface area contributed by atoms with E-state index in [2.05, 4.69) is 26.2 Å². The van der Waals surface area contributed by atoms with Crippen LogP contribution in [0, 0.1) is 0 Å². The minimum Gasteiger partial charge on any atom is -0.326 e. The van der Waals surface area contributed by atoms with E-state index in [1.807, 2.05) is 29.6 Å². The van der Waals surface area contributed by atoms with Crippen LogP contribution in [-0.2, 0) is 11.2 Å². The molecule has 2 heterocycles. The Morgan fingerprint density at radius 3 is 2.71 bits per heavy atom. The predicted octanol–water partition coefficient (Wildman–Crippen LogP) is 3.98. The van der Waals surface area contributed by atoms with Gasteiger partial charge in [-0.05, 0) is 30.3 Å². The van der Waals surface area contributed by atoms with Crippen LogP contribution in [0.25, 0.3) is 10.6 Å². The maximum absolute atomic E-state index is 12.4. The molecule has 0 radical (unpaired) electrons. The largest absolute Gasteiger partial charge is 0.326 e. The van der Waals surface area contributed by atoms with Gasteiger partial charge in [-0.1, -0.05) is 28.1 Å². The van der Waals surface area contributed by atoms with Crippen molar-refractivity contribution in [2.75, 3.05) is 12.4 Å². The Hall–Kier alpha value is -2.84. The average molecular weight is 456 g/mol. The molecule has 0 unspecified atom stereocenters. The Morgan fingerprint density at radius 2 is 1.93 bits per heavy atom. The van der Waals surface area contributed by atoms with E-state index in [0.717, 1.165) is 19.9 Å². The first-order valence-electron chi connectivity index (χ1n) is 8.39. The van der Waals surface area contributed by atoms with Gasteiger partial charge in [0.25, 0.3) is 11.8 Å². The monoisotopic (exact) mass is 455 g/mol. The molecule has 6 nitrogen and oxygen atoms in total. The van der Waals surface area contributed by atoms with E-state index in [1.54, 1.807) is 12.1 Å². The average Bonchev–Trinajstić information content (AvgIpc) is 3.21. The zero-order valence-electron chi connectivity index (χ0n) is 14.7. The molecule has 0 aliphatic carbocycles. The van der Waals surface area contributed by atoms with E-state index in [9.17, 15) is 14.4 Å². The van der Waals surface area contributed by atoms with E-state index in [4.69, 9.17) is 0 Å². The summed E-state index contributed by atoms with van der Waals surface area (Å²) in [6, 6.07) is 12.5. The lowest BCUT2D eigenvalue weighted by Crippen LogP contribution is -2.24. The number of hydrogen-bond acceptors (Lipinski definition) is 5. The van der Waals surface area contributed by atoms with Gasteiger partial charge in [-0.25, -0.2) is 4.98 Å². The van der Waals surface area contributed by atoms with Crippen LogP contribution in [0.2, 0.25) is 0 Å². The standard InChI is InChI=1S/C20H14BrN3O3S/c1-24-19(26)15-6-5-13(8-16(15)20(24)27)22-17(25)9-14-10-28-18(23-14)11-3-2-4-12(21)7-11/h2-8,10H,9H2,1H3,(H,22,25). The van der Waals surface area contributed by atoms with Crippen molar-refractivity contribution >= 4 is 50.7 Å². The highest BCUT2D eigenvalue weighted by Crippen LogP contribution is 2.27. The zero-order chi connectivity index (χ0) is 19.8. The lowest BCUT2D eigenvalue weighted by molar-refractivity contribution is -0.115. The Labute approximate surface area is 173 Å². The summed E-state index contributed by atoms with van der Waals surface area (Å²) in [4.78, 5) is 42.0. The summed E-state index contributed by atoms with van der Waals surface area (Å²) in [5.41, 5.74) is 2.78. The highest BCUT2D eigenvalue weighted by atomic mass is 79.9. The fraction of sp³-hybridized carbons (Fsp3) is 0.100. The Balaban J connectivity index is 1.46. The van der Waals surface area contributed by atoms with Crippen LogP contribution in [-0.4, -0.2) is 34.7 Å². The lowest BCUT2D eigenvalue weighted by Gasteiger charge is -2.05. The highest BCUT2D eigenvalue weighted by molar-refractivity contribution is 9.10. The number of thiazole rings is 1. The zero-order valence-corrected chi connectivity index (χ0v) is 17.1. The quantitative estimate of drug-likeness (QED) is 0.603. The first-order valence-corrected chi connectivity index (χ1v) is 10.1. The van der Waals surface area contributed by atoms with Crippen molar-refractivity contribution in [2.45, 2.75) is 6.42 Å². The molecular formula is C20H14BrN3O3S. The van der Waals surface area contributed by atoms with Crippen LogP contribution in [0.4, 0.5) is 5.69 Å². The molecule has 3 aromatic rings. The van der Waals surface area contributed by atoms with Gasteiger partial charge < -0.3 is 5.32 Å². The molecule has 1 N–H and O–H groups in total. The summed E-state index contributed by atoms with van der Waals surface area (Å²) >= 11 is 4.92. The van der Waals surface area contributed by atoms with Crippen LogP contribution < -0.4 is 5.32 Å². The SMILES string of the molecule is CN1C(=O)c2ccc(NC(=O)Cc3csc(-c4cccc(Br)c4)n3)cc2C1=O. The maximum atomic E-state index is 12.4. The third kappa shape index (κ3) is 3.48. The number of benzene rings is 2. The number of hydrogen-bond donors (Lipinski definition) is 1. The molecule has 8 heteroatoms. The summed E-state index contributed by atoms with van der Waals surface area (Å²) in [5.74, 6) is -0.939. The van der Waals surface area contributed by atoms with Crippen LogP contribution in [0.3, 0.4) is 0 Å². The van der Waals surface area contributed by atoms with Crippen molar-refractivity contribution in [3.05, 3.63) is 69.1 Å². The number of carbonyl (C=O) groups excluding carboxylic acids is 3. The molecule has 3 amide bonds. The van der Waals surface area contributed by atoms with Gasteiger partial charge in [0.1, 0.15) is 5.01 Å². The highest BCUT2D eigenvalue weighted by Gasteiger charge is 2.32. The van der Waals surface area contributed by atoms with E-state index in [0.29, 0.717) is 22.5 Å². The fourth-order valence-corrected chi connectivity index (χ4v) is 4.17. The van der Waals surface area contributed by atoms with Gasteiger partial charge in [0.15, 0.2) is 0 Å². The van der Waals surface area contributed by atoms with Crippen LogP contribution in [0.1, 0.15) is 26.4 Å². The van der Waals surface area contributed by atoms with Gasteiger partial charge in [-0.2, -0.15) is 0 Å². The minimum atomic E-state index is -0.366. The minimum absolute atomic E-state index is 0.119. The molecule has 0 saturated heterocycles. The van der Waals surface area contributed by atoms with Crippen LogP contribution >= 0.6 is 27.3 Å². The van der Waals surface area contributed by atoms with Gasteiger partial charge in [0.2, 0.25) is 5.91 Å². The Bertz CT molecular complexity index is 1130. The van der Waals surface area contributed by atoms with Gasteiger partial charge >= 0.3 is 0 Å². The summed E-state index contributed by atoms with van der Waals surface area (Å²) in [6.07, 6.45) is 0.119. The van der Waals surface area contributed by atoms with Crippen molar-refractivity contribution < 1.29 is 14.4 Å². The molecule has 0 bridgehead atoms. The summed E-state index contributed by atoms with van der Waals surface area (Å²) in [6.45, 7) is 0. The first-order chi connectivity index (χ1) is 13.4. The first kappa shape index (κ1) is 18.5. The summed E-state index contributed by atoms with van der Waals surface area (Å²) < 4.78 is 0.967. The summed E-state index contributed by atoms with van der Waals surface area (Å²) in [7, 11) is 1.44. The number of carbonyl (C=O) groups is 3. The van der Waals surface area contributed by atoms with E-state index >= 15 is 0 Å². The molecule has 1 aliphatic rings. The van der Waals surface area contributed by atoms with Crippen LogP contribution in [0.5, 0.6) is 0 Å². The molecule has 0 saturated carbocycles. The van der Waals surface area contributed by atoms with Crippen LogP contribution in [0.15, 0.2) is 52.3 Å². The van der Waals surface area contributed by atoms with E-state index in [-0.39, 0.29) is 24.1 Å². The number of halogens is 1. The molecule has 4 rings (SSSR count). The molecular weight excluding hydrogens is 442 g/mol. The number of anilines is 1. The molecule has 2 aromatic carbocycles. The topological polar surface area (TPSA) is 79.4 Å². The number of nitrogens with one attached hydrogen (secondary N) is 1.